The number of anilines is 3. The van der Waals surface area contributed by atoms with Gasteiger partial charge in [-0.3, -0.25) is 24.4 Å². The summed E-state index contributed by atoms with van der Waals surface area (Å²) in [5.74, 6) is 0.554. The van der Waals surface area contributed by atoms with Crippen molar-refractivity contribution in [2.24, 2.45) is 11.5 Å². The largest absolute Gasteiger partial charge is 0.497 e. The number of carbonyl (C=O) groups excluding carboxylic acids is 3. The Kier molecular flexibility index (Phi) is 12.5. The molecule has 0 aliphatic rings. The lowest BCUT2D eigenvalue weighted by Crippen LogP contribution is -2.20. The Bertz CT molecular complexity index is 2470. The second-order valence-corrected chi connectivity index (χ2v) is 13.1. The number of primary amides is 2. The van der Waals surface area contributed by atoms with Crippen LogP contribution in [-0.4, -0.2) is 57.8 Å². The number of allylic oxidation sites excluding steroid dienone is 1. The first kappa shape index (κ1) is 40.2. The van der Waals surface area contributed by atoms with Crippen molar-refractivity contribution in [1.29, 1.82) is 0 Å². The number of carbonyl (C=O) groups is 3. The van der Waals surface area contributed by atoms with E-state index < -0.39 is 17.7 Å². The Balaban J connectivity index is 1.29. The smallest absolute Gasteiger partial charge is 0.276 e. The van der Waals surface area contributed by atoms with E-state index in [2.05, 4.69) is 15.7 Å². The van der Waals surface area contributed by atoms with Crippen LogP contribution in [0.15, 0.2) is 91.0 Å². The van der Waals surface area contributed by atoms with Gasteiger partial charge in [-0.15, -0.1) is 0 Å². The number of aryl methyl sites for hydroxylation is 2. The topological polar surface area (TPSA) is 226 Å². The molecule has 6 aromatic rings. The average Bonchev–Trinajstić information content (AvgIpc) is 3.78. The average molecular weight is 788 g/mol. The molecule has 300 valence electrons. The van der Waals surface area contributed by atoms with Gasteiger partial charge in [-0.2, -0.15) is 5.10 Å². The molecule has 0 saturated heterocycles. The van der Waals surface area contributed by atoms with Crippen LogP contribution in [0, 0.1) is 6.92 Å². The Labute approximate surface area is 334 Å². The maximum atomic E-state index is 13.7. The number of ether oxygens (including phenoxy) is 4. The molecule has 8 N–H and O–H groups in total. The van der Waals surface area contributed by atoms with Gasteiger partial charge in [0.25, 0.3) is 5.91 Å². The lowest BCUT2D eigenvalue weighted by atomic mass is 10.1. The first-order chi connectivity index (χ1) is 28.0. The normalized spacial score (nSPS) is 11.1. The highest BCUT2D eigenvalue weighted by atomic mass is 16.5. The predicted molar refractivity (Wildman–Crippen MR) is 220 cm³/mol. The molecule has 0 fully saturated rings. The Hall–Kier alpha value is -7.49. The summed E-state index contributed by atoms with van der Waals surface area (Å²) in [6.07, 6.45) is 3.72. The van der Waals surface area contributed by atoms with Gasteiger partial charge in [-0.25, -0.2) is 4.98 Å². The number of nitrogens with one attached hydrogen (secondary N) is 2. The zero-order valence-electron chi connectivity index (χ0n) is 32.6. The number of imidazole rings is 1. The number of hydrogen-bond donors (Lipinski definition) is 5. The van der Waals surface area contributed by atoms with E-state index >= 15 is 0 Å². The van der Waals surface area contributed by atoms with Gasteiger partial charge in [0.1, 0.15) is 53.1 Å². The van der Waals surface area contributed by atoms with Gasteiger partial charge < -0.3 is 46.0 Å². The molecule has 0 aliphatic heterocycles. The van der Waals surface area contributed by atoms with E-state index in [1.165, 1.54) is 6.07 Å². The van der Waals surface area contributed by atoms with Gasteiger partial charge in [0, 0.05) is 30.8 Å². The fourth-order valence-corrected chi connectivity index (χ4v) is 6.16. The maximum Gasteiger partial charge on any atom is 0.276 e. The van der Waals surface area contributed by atoms with Gasteiger partial charge in [-0.1, -0.05) is 36.4 Å². The molecule has 16 nitrogen and oxygen atoms in total. The van der Waals surface area contributed by atoms with Gasteiger partial charge in [0.05, 0.1) is 31.1 Å². The van der Waals surface area contributed by atoms with E-state index in [4.69, 9.17) is 41.1 Å². The van der Waals surface area contributed by atoms with Gasteiger partial charge >= 0.3 is 0 Å². The second-order valence-electron chi connectivity index (χ2n) is 13.1. The van der Waals surface area contributed by atoms with Crippen LogP contribution in [0.25, 0.3) is 11.0 Å². The van der Waals surface area contributed by atoms with Crippen molar-refractivity contribution in [2.45, 2.75) is 40.2 Å². The summed E-state index contributed by atoms with van der Waals surface area (Å²) in [5, 5.41) is 10.6. The van der Waals surface area contributed by atoms with E-state index in [0.29, 0.717) is 57.7 Å². The van der Waals surface area contributed by atoms with Crippen molar-refractivity contribution in [3.63, 3.8) is 0 Å². The third-order valence-corrected chi connectivity index (χ3v) is 9.13. The maximum absolute atomic E-state index is 13.7. The number of benzene rings is 4. The van der Waals surface area contributed by atoms with E-state index in [-0.39, 0.29) is 49.1 Å². The molecular weight excluding hydrogens is 743 g/mol. The number of aromatic nitrogens is 4. The number of methoxy groups -OCH3 is 2. The minimum Gasteiger partial charge on any atom is -0.497 e. The van der Waals surface area contributed by atoms with E-state index in [0.717, 1.165) is 11.1 Å². The molecule has 2 heterocycles. The Morgan fingerprint density at radius 1 is 0.793 bits per heavy atom. The number of nitrogen functional groups attached to an aromatic ring is 1. The van der Waals surface area contributed by atoms with E-state index in [1.807, 2.05) is 74.5 Å². The third-order valence-electron chi connectivity index (χ3n) is 9.13. The van der Waals surface area contributed by atoms with Crippen molar-refractivity contribution in [2.75, 3.05) is 37.1 Å². The molecule has 0 atom stereocenters. The van der Waals surface area contributed by atoms with Crippen LogP contribution in [0.4, 0.5) is 17.3 Å². The van der Waals surface area contributed by atoms with Crippen LogP contribution >= 0.6 is 0 Å². The first-order valence-corrected chi connectivity index (χ1v) is 18.3. The number of hydrogen-bond acceptors (Lipinski definition) is 11. The van der Waals surface area contributed by atoms with Gasteiger partial charge in [0.15, 0.2) is 0 Å². The highest BCUT2D eigenvalue weighted by molar-refractivity contribution is 6.04. The lowest BCUT2D eigenvalue weighted by Gasteiger charge is -2.16. The zero-order chi connectivity index (χ0) is 41.3. The SMILES string of the molecule is CCn1nc(C)cc1C(=O)Nc1nc2cc(C(N)=O)cc(OCc3ccc(OC)cc3)c2n1CC=CCNc1c(N)cc(C(N)=O)cc1OCc1ccc(OC)cc1. The number of amides is 3. The second kappa shape index (κ2) is 18.0. The highest BCUT2D eigenvalue weighted by Crippen LogP contribution is 2.34. The molecule has 16 heteroatoms. The summed E-state index contributed by atoms with van der Waals surface area (Å²) in [6, 6.07) is 22.6. The summed E-state index contributed by atoms with van der Waals surface area (Å²) >= 11 is 0. The number of nitrogens with zero attached hydrogens (tertiary/aromatic N) is 4. The van der Waals surface area contributed by atoms with Crippen LogP contribution in [0.1, 0.15) is 54.9 Å². The lowest BCUT2D eigenvalue weighted by molar-refractivity contribution is 0.0991. The summed E-state index contributed by atoms with van der Waals surface area (Å²) in [4.78, 5) is 42.9. The van der Waals surface area contributed by atoms with Crippen molar-refractivity contribution in [3.8, 4) is 23.0 Å². The molecule has 0 unspecified atom stereocenters. The third kappa shape index (κ3) is 9.30. The quantitative estimate of drug-likeness (QED) is 0.0545. The van der Waals surface area contributed by atoms with Crippen LogP contribution in [0.5, 0.6) is 23.0 Å². The van der Waals surface area contributed by atoms with Crippen molar-refractivity contribution >= 4 is 46.1 Å². The van der Waals surface area contributed by atoms with Crippen molar-refractivity contribution in [1.82, 2.24) is 19.3 Å². The molecule has 0 bridgehead atoms. The number of nitrogens with two attached hydrogens (primary N) is 3. The standard InChI is InChI=1S/C42H45N9O7/c1-5-51-34(18-25(2)49-51)41(54)48-42-47-33-20-29(40(45)53)22-36(58-24-27-10-14-31(56-4)15-11-27)38(33)50(42)17-7-6-16-46-37-32(43)19-28(39(44)52)21-35(37)57-23-26-8-12-30(55-3)13-9-26/h6-15,18-22,46H,5,16-17,23-24,43H2,1-4H3,(H2,44,52)(H2,45,53)(H,47,48,54). The predicted octanol–water partition coefficient (Wildman–Crippen LogP) is 5.44. The summed E-state index contributed by atoms with van der Waals surface area (Å²) < 4.78 is 26.3. The van der Waals surface area contributed by atoms with Gasteiger partial charge in [-0.05, 0) is 79.6 Å². The van der Waals surface area contributed by atoms with Gasteiger partial charge in [0.2, 0.25) is 17.8 Å². The summed E-state index contributed by atoms with van der Waals surface area (Å²) in [6.45, 7) is 5.03. The molecule has 0 radical (unpaired) electrons. The zero-order valence-corrected chi connectivity index (χ0v) is 32.6. The summed E-state index contributed by atoms with van der Waals surface area (Å²) in [5.41, 5.74) is 22.5. The van der Waals surface area contributed by atoms with Crippen LogP contribution < -0.4 is 46.8 Å². The molecule has 6 rings (SSSR count). The number of fused-ring (bicyclic) bond motifs is 1. The van der Waals surface area contributed by atoms with Crippen LogP contribution in [0.2, 0.25) is 0 Å². The van der Waals surface area contributed by atoms with E-state index in [1.54, 1.807) is 47.7 Å². The van der Waals surface area contributed by atoms with Crippen molar-refractivity contribution in [3.05, 3.63) is 125 Å². The van der Waals surface area contributed by atoms with Crippen LogP contribution in [-0.2, 0) is 26.3 Å². The van der Waals surface area contributed by atoms with E-state index in [9.17, 15) is 14.4 Å². The molecule has 58 heavy (non-hydrogen) atoms. The molecule has 0 spiro atoms. The molecule has 0 aliphatic carbocycles. The fourth-order valence-electron chi connectivity index (χ4n) is 6.16. The molecule has 2 aromatic heterocycles. The Morgan fingerprint density at radius 2 is 1.38 bits per heavy atom. The Morgan fingerprint density at radius 3 is 1.97 bits per heavy atom. The number of rotatable bonds is 18. The highest BCUT2D eigenvalue weighted by Gasteiger charge is 2.22. The minimum absolute atomic E-state index is 0.155. The first-order valence-electron chi connectivity index (χ1n) is 18.3. The molecule has 4 aromatic carbocycles. The molecule has 0 saturated carbocycles. The van der Waals surface area contributed by atoms with Crippen LogP contribution in [0.3, 0.4) is 0 Å². The minimum atomic E-state index is -0.667. The monoisotopic (exact) mass is 787 g/mol. The molecule has 3 amide bonds. The fraction of sp³-hybridized carbons (Fsp3) is 0.214. The summed E-state index contributed by atoms with van der Waals surface area (Å²) in [7, 11) is 3.18. The molecular formula is C42H45N9O7. The van der Waals surface area contributed by atoms with Crippen molar-refractivity contribution < 1.29 is 33.3 Å².